The Hall–Kier alpha value is -3.39. The Balaban J connectivity index is 1.24. The maximum absolute atomic E-state index is 12.8. The Bertz CT molecular complexity index is 1020. The summed E-state index contributed by atoms with van der Waals surface area (Å²) in [6, 6.07) is 17.5. The number of fused-ring (bicyclic) bond motifs is 1. The first-order valence-electron chi connectivity index (χ1n) is 11.7. The smallest absolute Gasteiger partial charge is 0.308 e. The molecule has 0 radical (unpaired) electrons. The van der Waals surface area contributed by atoms with Gasteiger partial charge in [0, 0.05) is 39.3 Å². The van der Waals surface area contributed by atoms with Crippen LogP contribution < -0.4 is 9.64 Å². The van der Waals surface area contributed by atoms with Crippen molar-refractivity contribution in [2.45, 2.75) is 39.0 Å². The molecule has 4 rings (SSSR count). The molecule has 0 bridgehead atoms. The standard InChI is InChI=1S/C26H31N3O5/c1-19(25(31)28-16-14-27(15-17-28)18-21-8-4-3-5-9-21)34-24(30)12-13-29-22-10-6-7-11-23(22)33-20(2)26(29)32/h3-11,19-20H,12-18H2,1-2H3. The van der Waals surface area contributed by atoms with E-state index in [0.717, 1.165) is 19.6 Å². The zero-order chi connectivity index (χ0) is 24.1. The number of ether oxygens (including phenoxy) is 2. The Morgan fingerprint density at radius 3 is 2.44 bits per heavy atom. The SMILES string of the molecule is CC(OC(=O)CCN1C(=O)C(C)Oc2ccccc21)C(=O)N1CCN(Cc2ccccc2)CC1. The minimum atomic E-state index is -0.861. The van der Waals surface area contributed by atoms with Gasteiger partial charge in [0.05, 0.1) is 12.1 Å². The topological polar surface area (TPSA) is 79.4 Å². The number of hydrogen-bond acceptors (Lipinski definition) is 6. The molecule has 8 nitrogen and oxygen atoms in total. The van der Waals surface area contributed by atoms with Gasteiger partial charge in [-0.15, -0.1) is 0 Å². The maximum atomic E-state index is 12.8. The molecular weight excluding hydrogens is 434 g/mol. The van der Waals surface area contributed by atoms with Gasteiger partial charge in [0.2, 0.25) is 0 Å². The number of amides is 2. The van der Waals surface area contributed by atoms with Crippen LogP contribution >= 0.6 is 0 Å². The van der Waals surface area contributed by atoms with Gasteiger partial charge in [-0.05, 0) is 31.5 Å². The summed E-state index contributed by atoms with van der Waals surface area (Å²) in [7, 11) is 0. The van der Waals surface area contributed by atoms with Crippen molar-refractivity contribution in [1.29, 1.82) is 0 Å². The molecular formula is C26H31N3O5. The number of nitrogens with zero attached hydrogens (tertiary/aromatic N) is 3. The molecule has 34 heavy (non-hydrogen) atoms. The fourth-order valence-electron chi connectivity index (χ4n) is 4.32. The van der Waals surface area contributed by atoms with Crippen molar-refractivity contribution in [2.75, 3.05) is 37.6 Å². The first kappa shape index (κ1) is 23.8. The van der Waals surface area contributed by atoms with Crippen LogP contribution in [0.15, 0.2) is 54.6 Å². The molecule has 2 aliphatic rings. The van der Waals surface area contributed by atoms with E-state index in [9.17, 15) is 14.4 Å². The van der Waals surface area contributed by atoms with Gasteiger partial charge in [0.1, 0.15) is 5.75 Å². The van der Waals surface area contributed by atoms with E-state index in [0.29, 0.717) is 24.5 Å². The predicted molar refractivity (Wildman–Crippen MR) is 127 cm³/mol. The summed E-state index contributed by atoms with van der Waals surface area (Å²) in [4.78, 5) is 43.5. The summed E-state index contributed by atoms with van der Waals surface area (Å²) in [6.07, 6.45) is -1.48. The van der Waals surface area contributed by atoms with Crippen molar-refractivity contribution >= 4 is 23.5 Å². The third kappa shape index (κ3) is 5.56. The number of esters is 1. The van der Waals surface area contributed by atoms with E-state index in [2.05, 4.69) is 17.0 Å². The number of carbonyl (C=O) groups is 3. The molecule has 0 aromatic heterocycles. The molecule has 0 N–H and O–H groups in total. The highest BCUT2D eigenvalue weighted by atomic mass is 16.5. The fraction of sp³-hybridized carbons (Fsp3) is 0.423. The lowest BCUT2D eigenvalue weighted by atomic mass is 10.1. The van der Waals surface area contributed by atoms with Crippen LogP contribution in [0.3, 0.4) is 0 Å². The van der Waals surface area contributed by atoms with Crippen LogP contribution in [0.5, 0.6) is 5.75 Å². The van der Waals surface area contributed by atoms with Gasteiger partial charge in [-0.2, -0.15) is 0 Å². The largest absolute Gasteiger partial charge is 0.479 e. The molecule has 2 atom stereocenters. The molecule has 2 aliphatic heterocycles. The quantitative estimate of drug-likeness (QED) is 0.585. The molecule has 0 aliphatic carbocycles. The molecule has 2 aromatic carbocycles. The Labute approximate surface area is 200 Å². The molecule has 2 heterocycles. The van der Waals surface area contributed by atoms with Gasteiger partial charge >= 0.3 is 5.97 Å². The van der Waals surface area contributed by atoms with Crippen molar-refractivity contribution in [3.8, 4) is 5.75 Å². The fourth-order valence-corrected chi connectivity index (χ4v) is 4.32. The monoisotopic (exact) mass is 465 g/mol. The summed E-state index contributed by atoms with van der Waals surface area (Å²) in [5.41, 5.74) is 1.89. The number of rotatable bonds is 7. The number of benzene rings is 2. The highest BCUT2D eigenvalue weighted by molar-refractivity contribution is 6.00. The van der Waals surface area contributed by atoms with Gasteiger partial charge in [-0.1, -0.05) is 42.5 Å². The van der Waals surface area contributed by atoms with Crippen molar-refractivity contribution in [3.63, 3.8) is 0 Å². The minimum Gasteiger partial charge on any atom is -0.479 e. The molecule has 2 aromatic rings. The van der Waals surface area contributed by atoms with E-state index < -0.39 is 18.2 Å². The van der Waals surface area contributed by atoms with Gasteiger partial charge in [-0.25, -0.2) is 0 Å². The third-order valence-corrected chi connectivity index (χ3v) is 6.20. The lowest BCUT2D eigenvalue weighted by Gasteiger charge is -2.35. The second-order valence-corrected chi connectivity index (χ2v) is 8.69. The second kappa shape index (κ2) is 10.7. The lowest BCUT2D eigenvalue weighted by Crippen LogP contribution is -2.51. The van der Waals surface area contributed by atoms with Gasteiger partial charge in [-0.3, -0.25) is 19.3 Å². The second-order valence-electron chi connectivity index (χ2n) is 8.69. The van der Waals surface area contributed by atoms with E-state index in [1.807, 2.05) is 30.3 Å². The van der Waals surface area contributed by atoms with E-state index in [1.54, 1.807) is 35.8 Å². The van der Waals surface area contributed by atoms with Crippen LogP contribution in [0.4, 0.5) is 5.69 Å². The molecule has 0 spiro atoms. The number of piperazine rings is 1. The van der Waals surface area contributed by atoms with Crippen LogP contribution in [0.25, 0.3) is 0 Å². The van der Waals surface area contributed by atoms with Gasteiger partial charge < -0.3 is 19.3 Å². The molecule has 2 amide bonds. The van der Waals surface area contributed by atoms with Crippen LogP contribution in [0.1, 0.15) is 25.8 Å². The first-order valence-corrected chi connectivity index (χ1v) is 11.7. The summed E-state index contributed by atoms with van der Waals surface area (Å²) < 4.78 is 11.0. The van der Waals surface area contributed by atoms with Crippen LogP contribution in [-0.2, 0) is 25.7 Å². The normalized spacial score (nSPS) is 19.2. The highest BCUT2D eigenvalue weighted by Crippen LogP contribution is 2.33. The van der Waals surface area contributed by atoms with Crippen molar-refractivity contribution < 1.29 is 23.9 Å². The van der Waals surface area contributed by atoms with E-state index in [1.165, 1.54) is 5.56 Å². The van der Waals surface area contributed by atoms with Gasteiger partial charge in [0.25, 0.3) is 11.8 Å². The number of carbonyl (C=O) groups excluding carboxylic acids is 3. The summed E-state index contributed by atoms with van der Waals surface area (Å²) in [5.74, 6) is -0.288. The van der Waals surface area contributed by atoms with E-state index >= 15 is 0 Å². The molecule has 1 saturated heterocycles. The molecule has 180 valence electrons. The maximum Gasteiger partial charge on any atom is 0.308 e. The molecule has 2 unspecified atom stereocenters. The Kier molecular flexibility index (Phi) is 7.47. The summed E-state index contributed by atoms with van der Waals surface area (Å²) in [6.45, 7) is 7.07. The molecule has 0 saturated carbocycles. The number of anilines is 1. The molecule has 8 heteroatoms. The van der Waals surface area contributed by atoms with Crippen molar-refractivity contribution in [1.82, 2.24) is 9.80 Å². The van der Waals surface area contributed by atoms with Crippen molar-refractivity contribution in [2.24, 2.45) is 0 Å². The first-order chi connectivity index (χ1) is 16.4. The Morgan fingerprint density at radius 2 is 1.71 bits per heavy atom. The Morgan fingerprint density at radius 1 is 1.03 bits per heavy atom. The predicted octanol–water partition coefficient (Wildman–Crippen LogP) is 2.47. The van der Waals surface area contributed by atoms with Crippen LogP contribution in [-0.4, -0.2) is 72.5 Å². The van der Waals surface area contributed by atoms with Crippen LogP contribution in [0, 0.1) is 0 Å². The van der Waals surface area contributed by atoms with E-state index in [-0.39, 0.29) is 24.8 Å². The van der Waals surface area contributed by atoms with E-state index in [4.69, 9.17) is 9.47 Å². The highest BCUT2D eigenvalue weighted by Gasteiger charge is 2.32. The zero-order valence-electron chi connectivity index (χ0n) is 19.7. The minimum absolute atomic E-state index is 0.00469. The lowest BCUT2D eigenvalue weighted by molar-refractivity contribution is -0.159. The zero-order valence-corrected chi connectivity index (χ0v) is 19.7. The third-order valence-electron chi connectivity index (χ3n) is 6.20. The van der Waals surface area contributed by atoms with Crippen LogP contribution in [0.2, 0.25) is 0 Å². The number of hydrogen-bond donors (Lipinski definition) is 0. The summed E-state index contributed by atoms with van der Waals surface area (Å²) in [5, 5.41) is 0. The summed E-state index contributed by atoms with van der Waals surface area (Å²) >= 11 is 0. The average Bonchev–Trinajstić information content (AvgIpc) is 2.85. The average molecular weight is 466 g/mol. The number of para-hydroxylation sites is 2. The van der Waals surface area contributed by atoms with Gasteiger partial charge in [0.15, 0.2) is 12.2 Å². The molecule has 1 fully saturated rings. The van der Waals surface area contributed by atoms with Crippen molar-refractivity contribution in [3.05, 3.63) is 60.2 Å².